The number of hydrogen-bond donors (Lipinski definition) is 0. The number of carbonyl (C=O) groups is 3. The van der Waals surface area contributed by atoms with E-state index < -0.39 is 6.10 Å². The quantitative estimate of drug-likeness (QED) is 0.0263. The minimum atomic E-state index is -0.797. The van der Waals surface area contributed by atoms with E-state index in [0.29, 0.717) is 19.3 Å². The number of ether oxygens (including phenoxy) is 3. The van der Waals surface area contributed by atoms with Gasteiger partial charge in [-0.25, -0.2) is 0 Å². The Balaban J connectivity index is 4.42. The average molecular weight is 851 g/mol. The summed E-state index contributed by atoms with van der Waals surface area (Å²) in [7, 11) is 0. The van der Waals surface area contributed by atoms with Gasteiger partial charge in [-0.1, -0.05) is 209 Å². The van der Waals surface area contributed by atoms with Crippen LogP contribution in [0.2, 0.25) is 0 Å². The van der Waals surface area contributed by atoms with Crippen LogP contribution in [-0.2, 0) is 28.6 Å². The van der Waals surface area contributed by atoms with Gasteiger partial charge in [-0.3, -0.25) is 14.4 Å². The molecule has 0 aromatic rings. The van der Waals surface area contributed by atoms with Crippen molar-refractivity contribution >= 4 is 17.9 Å². The maximum absolute atomic E-state index is 12.8. The Morgan fingerprint density at radius 1 is 0.344 bits per heavy atom. The monoisotopic (exact) mass is 851 g/mol. The zero-order valence-corrected chi connectivity index (χ0v) is 39.9. The van der Waals surface area contributed by atoms with E-state index in [9.17, 15) is 14.4 Å². The second kappa shape index (κ2) is 49.5. The first-order valence-corrected chi connectivity index (χ1v) is 25.4. The molecule has 0 aromatic carbocycles. The molecule has 0 fully saturated rings. The number of unbranched alkanes of at least 4 members (excludes halogenated alkanes) is 22. The van der Waals surface area contributed by atoms with Crippen LogP contribution in [0.1, 0.15) is 239 Å². The highest BCUT2D eigenvalue weighted by molar-refractivity contribution is 5.71. The van der Waals surface area contributed by atoms with Crippen molar-refractivity contribution in [2.24, 2.45) is 0 Å². The van der Waals surface area contributed by atoms with Gasteiger partial charge < -0.3 is 14.2 Å². The summed E-state index contributed by atoms with van der Waals surface area (Å²) in [5.41, 5.74) is 0. The molecule has 6 nitrogen and oxygen atoms in total. The maximum Gasteiger partial charge on any atom is 0.306 e. The van der Waals surface area contributed by atoms with Crippen molar-refractivity contribution in [2.45, 2.75) is 245 Å². The molecule has 1 unspecified atom stereocenters. The third-order valence-electron chi connectivity index (χ3n) is 10.7. The van der Waals surface area contributed by atoms with Crippen molar-refractivity contribution in [3.05, 3.63) is 72.9 Å². The first-order chi connectivity index (χ1) is 30.0. The third-order valence-corrected chi connectivity index (χ3v) is 10.7. The molecule has 0 rings (SSSR count). The van der Waals surface area contributed by atoms with Crippen molar-refractivity contribution in [1.29, 1.82) is 0 Å². The molecular formula is C55H94O6. The van der Waals surface area contributed by atoms with Gasteiger partial charge in [0.2, 0.25) is 0 Å². The summed E-state index contributed by atoms with van der Waals surface area (Å²) in [6.07, 6.45) is 61.8. The number of hydrogen-bond acceptors (Lipinski definition) is 6. The highest BCUT2D eigenvalue weighted by Gasteiger charge is 2.19. The molecule has 6 heteroatoms. The Morgan fingerprint density at radius 2 is 0.656 bits per heavy atom. The Kier molecular flexibility index (Phi) is 46.9. The van der Waals surface area contributed by atoms with Crippen molar-refractivity contribution in [2.75, 3.05) is 13.2 Å². The largest absolute Gasteiger partial charge is 0.462 e. The van der Waals surface area contributed by atoms with Crippen molar-refractivity contribution in [1.82, 2.24) is 0 Å². The molecule has 0 amide bonds. The fourth-order valence-corrected chi connectivity index (χ4v) is 6.88. The molecule has 0 aliphatic heterocycles. The van der Waals surface area contributed by atoms with Gasteiger partial charge >= 0.3 is 17.9 Å². The van der Waals surface area contributed by atoms with Crippen LogP contribution in [0.4, 0.5) is 0 Å². The molecule has 0 bridgehead atoms. The number of esters is 3. The summed E-state index contributed by atoms with van der Waals surface area (Å²) in [5, 5.41) is 0. The molecule has 61 heavy (non-hydrogen) atoms. The summed E-state index contributed by atoms with van der Waals surface area (Å²) in [6.45, 7) is 6.45. The smallest absolute Gasteiger partial charge is 0.306 e. The van der Waals surface area contributed by atoms with Crippen molar-refractivity contribution < 1.29 is 28.6 Å². The van der Waals surface area contributed by atoms with E-state index in [1.54, 1.807) is 0 Å². The molecule has 0 aromatic heterocycles. The highest BCUT2D eigenvalue weighted by Crippen LogP contribution is 2.14. The van der Waals surface area contributed by atoms with Crippen LogP contribution in [0.15, 0.2) is 72.9 Å². The minimum absolute atomic E-state index is 0.0937. The first-order valence-electron chi connectivity index (χ1n) is 25.4. The summed E-state index contributed by atoms with van der Waals surface area (Å²) >= 11 is 0. The van der Waals surface area contributed by atoms with Gasteiger partial charge in [0.05, 0.1) is 0 Å². The van der Waals surface area contributed by atoms with E-state index in [2.05, 4.69) is 93.7 Å². The van der Waals surface area contributed by atoms with E-state index in [-0.39, 0.29) is 37.5 Å². The summed E-state index contributed by atoms with van der Waals surface area (Å²) < 4.78 is 16.7. The molecular weight excluding hydrogens is 757 g/mol. The average Bonchev–Trinajstić information content (AvgIpc) is 3.26. The Hall–Kier alpha value is -3.15. The lowest BCUT2D eigenvalue weighted by molar-refractivity contribution is -0.167. The van der Waals surface area contributed by atoms with Gasteiger partial charge in [-0.2, -0.15) is 0 Å². The second-order valence-electron chi connectivity index (χ2n) is 16.7. The van der Waals surface area contributed by atoms with E-state index in [1.807, 2.05) is 0 Å². The van der Waals surface area contributed by atoms with Gasteiger partial charge in [-0.15, -0.1) is 0 Å². The summed E-state index contributed by atoms with van der Waals surface area (Å²) in [4.78, 5) is 37.8. The summed E-state index contributed by atoms with van der Waals surface area (Å²) in [6, 6.07) is 0. The van der Waals surface area contributed by atoms with Crippen LogP contribution in [0, 0.1) is 0 Å². The molecule has 0 aliphatic rings. The van der Waals surface area contributed by atoms with Crippen LogP contribution in [0.5, 0.6) is 0 Å². The van der Waals surface area contributed by atoms with Gasteiger partial charge in [0, 0.05) is 19.3 Å². The fourth-order valence-electron chi connectivity index (χ4n) is 6.88. The lowest BCUT2D eigenvalue weighted by Crippen LogP contribution is -2.30. The topological polar surface area (TPSA) is 78.9 Å². The summed E-state index contributed by atoms with van der Waals surface area (Å²) in [5.74, 6) is -0.961. The molecule has 1 atom stereocenters. The van der Waals surface area contributed by atoms with Crippen molar-refractivity contribution in [3.63, 3.8) is 0 Å². The molecule has 0 aliphatic carbocycles. The standard InChI is InChI=1S/C55H94O6/c1-4-7-10-13-16-19-21-23-25-27-29-31-33-36-39-42-45-48-54(57)60-51-52(50-59-53(56)47-44-41-38-35-18-15-12-9-6-3)61-55(58)49-46-43-40-37-34-32-30-28-26-24-22-20-17-14-11-8-5-2/h7,10,16,19,23-26,29,31,36,39,52H,4-6,8-9,11-15,17-18,20-22,27-28,30,32-35,37-38,40-51H2,1-3H3/b10-7-,19-16-,25-23-,26-24-,31-29-,39-36-. The molecule has 0 heterocycles. The van der Waals surface area contributed by atoms with Crippen molar-refractivity contribution in [3.8, 4) is 0 Å². The second-order valence-corrected chi connectivity index (χ2v) is 16.7. The maximum atomic E-state index is 12.8. The predicted molar refractivity (Wildman–Crippen MR) is 261 cm³/mol. The van der Waals surface area contributed by atoms with Gasteiger partial charge in [0.1, 0.15) is 13.2 Å². The fraction of sp³-hybridized carbons (Fsp3) is 0.727. The molecule has 350 valence electrons. The van der Waals surface area contributed by atoms with E-state index in [0.717, 1.165) is 77.0 Å². The van der Waals surface area contributed by atoms with Crippen LogP contribution in [0.3, 0.4) is 0 Å². The van der Waals surface area contributed by atoms with E-state index in [4.69, 9.17) is 14.2 Å². The lowest BCUT2D eigenvalue weighted by Gasteiger charge is -2.18. The van der Waals surface area contributed by atoms with Crippen LogP contribution in [-0.4, -0.2) is 37.2 Å². The van der Waals surface area contributed by atoms with Crippen LogP contribution < -0.4 is 0 Å². The highest BCUT2D eigenvalue weighted by atomic mass is 16.6. The zero-order chi connectivity index (χ0) is 44.4. The molecule has 0 N–H and O–H groups in total. The third kappa shape index (κ3) is 47.7. The van der Waals surface area contributed by atoms with Crippen LogP contribution >= 0.6 is 0 Å². The van der Waals surface area contributed by atoms with Gasteiger partial charge in [0.15, 0.2) is 6.10 Å². The number of carbonyl (C=O) groups excluding carboxylic acids is 3. The Morgan fingerprint density at radius 3 is 1.08 bits per heavy atom. The van der Waals surface area contributed by atoms with Gasteiger partial charge in [0.25, 0.3) is 0 Å². The number of rotatable bonds is 45. The Labute approximate surface area is 376 Å². The number of allylic oxidation sites excluding steroid dienone is 12. The molecule has 0 saturated carbocycles. The minimum Gasteiger partial charge on any atom is -0.462 e. The normalized spacial score (nSPS) is 12.6. The zero-order valence-electron chi connectivity index (χ0n) is 39.9. The van der Waals surface area contributed by atoms with E-state index in [1.165, 1.54) is 116 Å². The molecule has 0 spiro atoms. The first kappa shape index (κ1) is 57.9. The van der Waals surface area contributed by atoms with Gasteiger partial charge in [-0.05, 0) is 83.5 Å². The SMILES string of the molecule is CC/C=C\C/C=C\C/C=C\C/C=C\C/C=C\CCCC(=O)OCC(COC(=O)CCCCCCCCCCC)OC(=O)CCCCCCCCC/C=C\CCCCCCCC. The van der Waals surface area contributed by atoms with Crippen LogP contribution in [0.25, 0.3) is 0 Å². The van der Waals surface area contributed by atoms with E-state index >= 15 is 0 Å². The predicted octanol–water partition coefficient (Wildman–Crippen LogP) is 16.6. The Bertz CT molecular complexity index is 1160. The lowest BCUT2D eigenvalue weighted by atomic mass is 10.1. The molecule has 0 radical (unpaired) electrons. The molecule has 0 saturated heterocycles.